The third-order valence-electron chi connectivity index (χ3n) is 2.69. The summed E-state index contributed by atoms with van der Waals surface area (Å²) in [6.07, 6.45) is 0. The summed E-state index contributed by atoms with van der Waals surface area (Å²) >= 11 is 12.1. The standard InChI is InChI=1S/C12H4Cl2O3/c13-9-6-4-2-1-3-5(6)7-8(10(9)14)12(16)17-11(7)15/h1-4H. The van der Waals surface area contributed by atoms with Gasteiger partial charge in [-0.25, -0.2) is 9.59 Å². The van der Waals surface area contributed by atoms with Gasteiger partial charge in [-0.2, -0.15) is 0 Å². The van der Waals surface area contributed by atoms with Crippen LogP contribution in [0.3, 0.4) is 0 Å². The minimum Gasteiger partial charge on any atom is -0.386 e. The van der Waals surface area contributed by atoms with Gasteiger partial charge >= 0.3 is 11.9 Å². The van der Waals surface area contributed by atoms with E-state index in [1.807, 2.05) is 0 Å². The lowest BCUT2D eigenvalue weighted by atomic mass is 10.0. The molecule has 5 heteroatoms. The highest BCUT2D eigenvalue weighted by molar-refractivity contribution is 6.48. The zero-order valence-electron chi connectivity index (χ0n) is 8.29. The summed E-state index contributed by atoms with van der Waals surface area (Å²) in [7, 11) is 0. The van der Waals surface area contributed by atoms with Gasteiger partial charge in [-0.05, 0) is 5.39 Å². The van der Waals surface area contributed by atoms with E-state index in [4.69, 9.17) is 23.2 Å². The van der Waals surface area contributed by atoms with Gasteiger partial charge in [0.2, 0.25) is 0 Å². The normalized spacial score (nSPS) is 14.0. The molecule has 0 spiro atoms. The second kappa shape index (κ2) is 3.45. The molecule has 84 valence electrons. The zero-order chi connectivity index (χ0) is 12.2. The third-order valence-corrected chi connectivity index (χ3v) is 3.56. The van der Waals surface area contributed by atoms with Crippen molar-refractivity contribution < 1.29 is 14.3 Å². The number of esters is 2. The van der Waals surface area contributed by atoms with E-state index >= 15 is 0 Å². The molecule has 0 aliphatic carbocycles. The topological polar surface area (TPSA) is 43.4 Å². The number of hydrogen-bond donors (Lipinski definition) is 0. The van der Waals surface area contributed by atoms with E-state index in [0.29, 0.717) is 10.8 Å². The van der Waals surface area contributed by atoms with Gasteiger partial charge in [0.25, 0.3) is 0 Å². The minimum absolute atomic E-state index is 0.0559. The first kappa shape index (κ1) is 10.6. The lowest BCUT2D eigenvalue weighted by molar-refractivity contribution is 0.0444. The van der Waals surface area contributed by atoms with Crippen molar-refractivity contribution in [3.63, 3.8) is 0 Å². The van der Waals surface area contributed by atoms with Crippen LogP contribution in [0.25, 0.3) is 10.8 Å². The Morgan fingerprint density at radius 2 is 1.41 bits per heavy atom. The first-order valence-electron chi connectivity index (χ1n) is 4.77. The van der Waals surface area contributed by atoms with Crippen LogP contribution in [0.1, 0.15) is 20.7 Å². The van der Waals surface area contributed by atoms with Crippen LogP contribution in [0.5, 0.6) is 0 Å². The van der Waals surface area contributed by atoms with E-state index in [1.165, 1.54) is 0 Å². The Bertz CT molecular complexity index is 692. The summed E-state index contributed by atoms with van der Waals surface area (Å²) in [6, 6.07) is 6.97. The Morgan fingerprint density at radius 3 is 2.12 bits per heavy atom. The van der Waals surface area contributed by atoms with Crippen LogP contribution < -0.4 is 0 Å². The Balaban J connectivity index is 2.59. The maximum absolute atomic E-state index is 11.6. The van der Waals surface area contributed by atoms with Gasteiger partial charge in [0.05, 0.1) is 21.2 Å². The maximum Gasteiger partial charge on any atom is 0.348 e. The smallest absolute Gasteiger partial charge is 0.348 e. The summed E-state index contributed by atoms with van der Waals surface area (Å²) in [5.74, 6) is -1.43. The minimum atomic E-state index is -0.748. The number of halogens is 2. The molecule has 1 heterocycles. The predicted octanol–water partition coefficient (Wildman–Crippen LogP) is 3.46. The lowest BCUT2D eigenvalue weighted by Crippen LogP contribution is -1.97. The van der Waals surface area contributed by atoms with Gasteiger partial charge in [-0.1, -0.05) is 47.5 Å². The number of benzene rings is 2. The number of ether oxygens (including phenoxy) is 1. The van der Waals surface area contributed by atoms with Crippen LogP contribution in [-0.4, -0.2) is 11.9 Å². The molecule has 3 rings (SSSR count). The van der Waals surface area contributed by atoms with Crippen LogP contribution in [0.2, 0.25) is 10.0 Å². The molecule has 17 heavy (non-hydrogen) atoms. The third kappa shape index (κ3) is 1.30. The molecule has 0 saturated carbocycles. The van der Waals surface area contributed by atoms with E-state index in [2.05, 4.69) is 4.74 Å². The van der Waals surface area contributed by atoms with Crippen molar-refractivity contribution in [3.8, 4) is 0 Å². The van der Waals surface area contributed by atoms with Crippen LogP contribution in [0, 0.1) is 0 Å². The molecule has 2 aromatic carbocycles. The zero-order valence-corrected chi connectivity index (χ0v) is 9.80. The number of fused-ring (bicyclic) bond motifs is 3. The highest BCUT2D eigenvalue weighted by Gasteiger charge is 2.35. The molecular weight excluding hydrogens is 263 g/mol. The van der Waals surface area contributed by atoms with Crippen LogP contribution in [0.4, 0.5) is 0 Å². The molecule has 0 bridgehead atoms. The van der Waals surface area contributed by atoms with Crippen molar-refractivity contribution in [1.82, 2.24) is 0 Å². The lowest BCUT2D eigenvalue weighted by Gasteiger charge is -2.06. The second-order valence-corrected chi connectivity index (χ2v) is 4.36. The second-order valence-electron chi connectivity index (χ2n) is 3.60. The van der Waals surface area contributed by atoms with E-state index < -0.39 is 11.9 Å². The molecule has 0 N–H and O–H groups in total. The molecule has 1 aliphatic rings. The molecule has 3 nitrogen and oxygen atoms in total. The maximum atomic E-state index is 11.6. The fourth-order valence-electron chi connectivity index (χ4n) is 1.95. The molecule has 0 aromatic heterocycles. The van der Waals surface area contributed by atoms with E-state index in [1.54, 1.807) is 24.3 Å². The van der Waals surface area contributed by atoms with E-state index in [9.17, 15) is 9.59 Å². The first-order chi connectivity index (χ1) is 8.11. The van der Waals surface area contributed by atoms with Gasteiger partial charge in [-0.3, -0.25) is 0 Å². The molecule has 0 amide bonds. The largest absolute Gasteiger partial charge is 0.386 e. The quantitative estimate of drug-likeness (QED) is 0.542. The van der Waals surface area contributed by atoms with Gasteiger partial charge < -0.3 is 4.74 Å². The average Bonchev–Trinajstić information content (AvgIpc) is 2.62. The Labute approximate surface area is 106 Å². The van der Waals surface area contributed by atoms with Crippen LogP contribution >= 0.6 is 23.2 Å². The molecule has 0 saturated heterocycles. The van der Waals surface area contributed by atoms with Gasteiger partial charge in [0, 0.05) is 5.39 Å². The highest BCUT2D eigenvalue weighted by atomic mass is 35.5. The molecule has 2 aromatic rings. The summed E-state index contributed by atoms with van der Waals surface area (Å²) in [5.41, 5.74) is 0.250. The number of rotatable bonds is 0. The number of cyclic esters (lactones) is 2. The van der Waals surface area contributed by atoms with Gasteiger partial charge in [0.15, 0.2) is 0 Å². The van der Waals surface area contributed by atoms with Crippen molar-refractivity contribution in [2.75, 3.05) is 0 Å². The summed E-state index contributed by atoms with van der Waals surface area (Å²) < 4.78 is 4.55. The summed E-state index contributed by atoms with van der Waals surface area (Å²) in [5, 5.41) is 1.53. The number of carbonyl (C=O) groups is 2. The molecule has 0 unspecified atom stereocenters. The van der Waals surface area contributed by atoms with E-state index in [-0.39, 0.29) is 21.2 Å². The SMILES string of the molecule is O=C1OC(=O)c2c1c(Cl)c(Cl)c1ccccc21. The summed E-state index contributed by atoms with van der Waals surface area (Å²) in [6.45, 7) is 0. The molecular formula is C12H4Cl2O3. The fraction of sp³-hybridized carbons (Fsp3) is 0. The predicted molar refractivity (Wildman–Crippen MR) is 63.7 cm³/mol. The fourth-order valence-corrected chi connectivity index (χ4v) is 2.49. The van der Waals surface area contributed by atoms with E-state index in [0.717, 1.165) is 0 Å². The highest BCUT2D eigenvalue weighted by Crippen LogP contribution is 2.40. The number of hydrogen-bond acceptors (Lipinski definition) is 3. The first-order valence-corrected chi connectivity index (χ1v) is 5.53. The van der Waals surface area contributed by atoms with Crippen LogP contribution in [-0.2, 0) is 4.74 Å². The molecule has 0 atom stereocenters. The average molecular weight is 267 g/mol. The van der Waals surface area contributed by atoms with Crippen LogP contribution in [0.15, 0.2) is 24.3 Å². The van der Waals surface area contributed by atoms with Crippen molar-refractivity contribution in [2.24, 2.45) is 0 Å². The number of carbonyl (C=O) groups excluding carboxylic acids is 2. The monoisotopic (exact) mass is 266 g/mol. The molecule has 0 fully saturated rings. The Hall–Kier alpha value is -1.58. The van der Waals surface area contributed by atoms with Crippen molar-refractivity contribution >= 4 is 45.9 Å². The van der Waals surface area contributed by atoms with Crippen molar-refractivity contribution in [2.45, 2.75) is 0 Å². The Morgan fingerprint density at radius 1 is 0.824 bits per heavy atom. The molecule has 0 radical (unpaired) electrons. The van der Waals surface area contributed by atoms with Gasteiger partial charge in [0.1, 0.15) is 0 Å². The summed E-state index contributed by atoms with van der Waals surface area (Å²) in [4.78, 5) is 23.1. The van der Waals surface area contributed by atoms with Crippen molar-refractivity contribution in [3.05, 3.63) is 45.4 Å². The van der Waals surface area contributed by atoms with Gasteiger partial charge in [-0.15, -0.1) is 0 Å². The van der Waals surface area contributed by atoms with Crippen molar-refractivity contribution in [1.29, 1.82) is 0 Å². The molecule has 1 aliphatic heterocycles. The Kier molecular flexibility index (Phi) is 2.15.